The average molecular weight is 214 g/mol. The maximum absolute atomic E-state index is 9.89. The highest BCUT2D eigenvalue weighted by atomic mass is 32.1. The van der Waals surface area contributed by atoms with Crippen molar-refractivity contribution in [2.45, 2.75) is 52.5 Å². The summed E-state index contributed by atoms with van der Waals surface area (Å²) in [6.45, 7) is 12.1. The highest BCUT2D eigenvalue weighted by Gasteiger charge is 2.27. The van der Waals surface area contributed by atoms with Crippen molar-refractivity contribution in [2.75, 3.05) is 0 Å². The van der Waals surface area contributed by atoms with E-state index in [0.29, 0.717) is 0 Å². The SMILES string of the molecule is BC(C)(C)/C(C)=C(\S)C(C)C(C)(C)O. The van der Waals surface area contributed by atoms with Gasteiger partial charge in [-0.2, -0.15) is 0 Å². The van der Waals surface area contributed by atoms with Crippen LogP contribution >= 0.6 is 12.6 Å². The minimum absolute atomic E-state index is 0.0741. The van der Waals surface area contributed by atoms with Crippen LogP contribution in [-0.2, 0) is 0 Å². The maximum Gasteiger partial charge on any atom is 0.114 e. The van der Waals surface area contributed by atoms with Gasteiger partial charge in [0, 0.05) is 5.92 Å². The van der Waals surface area contributed by atoms with Crippen molar-refractivity contribution in [3.05, 3.63) is 10.5 Å². The van der Waals surface area contributed by atoms with Gasteiger partial charge in [0.1, 0.15) is 7.85 Å². The fraction of sp³-hybridized carbons (Fsp3) is 0.818. The Hall–Kier alpha value is 0.115. The van der Waals surface area contributed by atoms with E-state index in [1.54, 1.807) is 0 Å². The lowest BCUT2D eigenvalue weighted by Gasteiger charge is -2.31. The summed E-state index contributed by atoms with van der Waals surface area (Å²) < 4.78 is 0. The molecule has 0 rings (SSSR count). The topological polar surface area (TPSA) is 20.2 Å². The molecule has 0 heterocycles. The zero-order chi connectivity index (χ0) is 11.7. The van der Waals surface area contributed by atoms with Crippen molar-refractivity contribution in [1.29, 1.82) is 0 Å². The van der Waals surface area contributed by atoms with E-state index in [4.69, 9.17) is 0 Å². The number of rotatable bonds is 3. The molecule has 0 bridgehead atoms. The molecule has 0 aliphatic heterocycles. The van der Waals surface area contributed by atoms with Gasteiger partial charge < -0.3 is 5.11 Å². The lowest BCUT2D eigenvalue weighted by Crippen LogP contribution is -2.29. The minimum Gasteiger partial charge on any atom is -0.390 e. The van der Waals surface area contributed by atoms with Crippen LogP contribution in [0.1, 0.15) is 41.5 Å². The van der Waals surface area contributed by atoms with Crippen LogP contribution in [0.3, 0.4) is 0 Å². The van der Waals surface area contributed by atoms with E-state index in [1.807, 2.05) is 20.8 Å². The molecule has 0 aromatic heterocycles. The summed E-state index contributed by atoms with van der Waals surface area (Å²) >= 11 is 4.53. The first-order chi connectivity index (χ1) is 5.98. The third-order valence-electron chi connectivity index (χ3n) is 2.98. The molecular weight excluding hydrogens is 191 g/mol. The van der Waals surface area contributed by atoms with E-state index in [9.17, 15) is 5.11 Å². The van der Waals surface area contributed by atoms with E-state index in [-0.39, 0.29) is 11.2 Å². The summed E-state index contributed by atoms with van der Waals surface area (Å²) in [5.41, 5.74) is 0.541. The van der Waals surface area contributed by atoms with Gasteiger partial charge in [-0.05, 0) is 31.0 Å². The number of aliphatic hydroxyl groups is 1. The van der Waals surface area contributed by atoms with Gasteiger partial charge >= 0.3 is 0 Å². The molecule has 0 saturated heterocycles. The lowest BCUT2D eigenvalue weighted by molar-refractivity contribution is 0.0423. The largest absolute Gasteiger partial charge is 0.390 e. The fourth-order valence-electron chi connectivity index (χ4n) is 1.04. The van der Waals surface area contributed by atoms with Crippen LogP contribution < -0.4 is 0 Å². The lowest BCUT2D eigenvalue weighted by atomic mass is 9.66. The van der Waals surface area contributed by atoms with Crippen LogP contribution in [0.4, 0.5) is 0 Å². The van der Waals surface area contributed by atoms with Gasteiger partial charge in [-0.25, -0.2) is 0 Å². The Morgan fingerprint density at radius 2 is 1.64 bits per heavy atom. The smallest absolute Gasteiger partial charge is 0.114 e. The van der Waals surface area contributed by atoms with Crippen molar-refractivity contribution < 1.29 is 5.11 Å². The second-order valence-corrected chi connectivity index (χ2v) is 6.12. The summed E-state index contributed by atoms with van der Waals surface area (Å²) in [5.74, 6) is 0.0741. The Morgan fingerprint density at radius 3 is 1.86 bits per heavy atom. The Bertz CT molecular complexity index is 233. The Morgan fingerprint density at radius 1 is 1.29 bits per heavy atom. The number of allylic oxidation sites excluding steroid dienone is 1. The van der Waals surface area contributed by atoms with Crippen LogP contribution in [0.25, 0.3) is 0 Å². The zero-order valence-electron chi connectivity index (χ0n) is 10.5. The van der Waals surface area contributed by atoms with Crippen LogP contribution in [0, 0.1) is 5.92 Å². The van der Waals surface area contributed by atoms with Gasteiger partial charge in [0.2, 0.25) is 0 Å². The monoisotopic (exact) mass is 214 g/mol. The Kier molecular flexibility index (Phi) is 4.35. The molecule has 0 amide bonds. The molecule has 1 N–H and O–H groups in total. The molecule has 14 heavy (non-hydrogen) atoms. The van der Waals surface area contributed by atoms with Crippen molar-refractivity contribution in [3.8, 4) is 0 Å². The van der Waals surface area contributed by atoms with Crippen molar-refractivity contribution in [1.82, 2.24) is 0 Å². The second-order valence-electron chi connectivity index (χ2n) is 5.64. The van der Waals surface area contributed by atoms with Gasteiger partial charge in [-0.3, -0.25) is 0 Å². The molecule has 0 saturated carbocycles. The minimum atomic E-state index is -0.705. The van der Waals surface area contributed by atoms with E-state index in [1.165, 1.54) is 5.57 Å². The quantitative estimate of drug-likeness (QED) is 0.546. The van der Waals surface area contributed by atoms with Crippen molar-refractivity contribution >= 4 is 20.5 Å². The molecule has 0 aliphatic rings. The van der Waals surface area contributed by atoms with Gasteiger partial charge in [0.15, 0.2) is 0 Å². The Labute approximate surface area is 94.8 Å². The van der Waals surface area contributed by atoms with E-state index >= 15 is 0 Å². The predicted octanol–water partition coefficient (Wildman–Crippen LogP) is 2.43. The van der Waals surface area contributed by atoms with Crippen LogP contribution in [0.5, 0.6) is 0 Å². The number of hydrogen-bond donors (Lipinski definition) is 2. The van der Waals surface area contributed by atoms with Gasteiger partial charge in [0.05, 0.1) is 5.60 Å². The molecule has 0 aromatic rings. The summed E-state index contributed by atoms with van der Waals surface area (Å²) in [6, 6.07) is 0. The number of hydrogen-bond acceptors (Lipinski definition) is 2. The molecule has 0 radical (unpaired) electrons. The third kappa shape index (κ3) is 3.70. The summed E-state index contributed by atoms with van der Waals surface area (Å²) in [5, 5.41) is 10.0. The van der Waals surface area contributed by atoms with Crippen molar-refractivity contribution in [3.63, 3.8) is 0 Å². The summed E-state index contributed by atoms with van der Waals surface area (Å²) in [4.78, 5) is 1.00. The fourth-order valence-corrected chi connectivity index (χ4v) is 1.69. The first kappa shape index (κ1) is 14.1. The standard InChI is InChI=1S/C11H23BOS/c1-7(10(3,4)12)9(14)8(2)11(5,6)13/h8,13-14H,12H2,1-6H3/b9-7-. The average Bonchev–Trinajstić information content (AvgIpc) is 1.97. The maximum atomic E-state index is 9.89. The molecule has 0 aliphatic carbocycles. The van der Waals surface area contributed by atoms with E-state index in [0.717, 1.165) is 4.91 Å². The van der Waals surface area contributed by atoms with Crippen LogP contribution in [0.15, 0.2) is 10.5 Å². The summed E-state index contributed by atoms with van der Waals surface area (Å²) in [6.07, 6.45) is 0. The second kappa shape index (κ2) is 4.32. The van der Waals surface area contributed by atoms with Crippen LogP contribution in [0.2, 0.25) is 5.31 Å². The Balaban J connectivity index is 5.03. The predicted molar refractivity (Wildman–Crippen MR) is 69.7 cm³/mol. The molecule has 1 atom stereocenters. The normalized spacial score (nSPS) is 17.7. The van der Waals surface area contributed by atoms with Gasteiger partial charge in [0.25, 0.3) is 0 Å². The van der Waals surface area contributed by atoms with Crippen molar-refractivity contribution in [2.24, 2.45) is 5.92 Å². The molecule has 1 unspecified atom stereocenters. The molecule has 0 fully saturated rings. The van der Waals surface area contributed by atoms with Gasteiger partial charge in [-0.15, -0.1) is 12.6 Å². The van der Waals surface area contributed by atoms with E-state index < -0.39 is 5.60 Å². The molecular formula is C11H23BOS. The van der Waals surface area contributed by atoms with Crippen LogP contribution in [-0.4, -0.2) is 18.6 Å². The highest BCUT2D eigenvalue weighted by Crippen LogP contribution is 2.38. The third-order valence-corrected chi connectivity index (χ3v) is 3.70. The zero-order valence-corrected chi connectivity index (χ0v) is 11.4. The number of thiol groups is 1. The molecule has 0 aromatic carbocycles. The highest BCUT2D eigenvalue weighted by molar-refractivity contribution is 7.84. The molecule has 0 spiro atoms. The first-order valence-corrected chi connectivity index (χ1v) is 5.55. The van der Waals surface area contributed by atoms with E-state index in [2.05, 4.69) is 41.2 Å². The first-order valence-electron chi connectivity index (χ1n) is 5.10. The molecule has 3 heteroatoms. The molecule has 82 valence electrons. The summed E-state index contributed by atoms with van der Waals surface area (Å²) in [7, 11) is 2.16. The molecule has 1 nitrogen and oxygen atoms in total. The van der Waals surface area contributed by atoms with Gasteiger partial charge in [-0.1, -0.05) is 26.3 Å².